The minimum atomic E-state index is -2.06. The minimum absolute atomic E-state index is 0.0278. The Morgan fingerprint density at radius 3 is 2.59 bits per heavy atom. The number of esters is 2. The molecule has 214 valence electrons. The van der Waals surface area contributed by atoms with Gasteiger partial charge in [0.15, 0.2) is 17.1 Å². The van der Waals surface area contributed by atoms with Crippen molar-refractivity contribution in [2.24, 2.45) is 0 Å². The van der Waals surface area contributed by atoms with Crippen LogP contribution >= 0.6 is 0 Å². The summed E-state index contributed by atoms with van der Waals surface area (Å²) in [6, 6.07) is 4.10. The van der Waals surface area contributed by atoms with Gasteiger partial charge in [0.2, 0.25) is 6.79 Å². The zero-order valence-corrected chi connectivity index (χ0v) is 23.5. The van der Waals surface area contributed by atoms with E-state index in [0.717, 1.165) is 54.8 Å². The summed E-state index contributed by atoms with van der Waals surface area (Å²) in [4.78, 5) is 28.6. The first kappa shape index (κ1) is 27.9. The van der Waals surface area contributed by atoms with E-state index in [-0.39, 0.29) is 24.7 Å². The normalized spacial score (nSPS) is 27.1. The molecule has 0 bridgehead atoms. The molecule has 0 amide bonds. The first-order valence-electron chi connectivity index (χ1n) is 14.1. The number of fused-ring (bicyclic) bond motifs is 3. The van der Waals surface area contributed by atoms with Gasteiger partial charge in [-0.05, 0) is 94.2 Å². The molecule has 9 heteroatoms. The van der Waals surface area contributed by atoms with Gasteiger partial charge in [-0.3, -0.25) is 9.69 Å². The number of benzene rings is 1. The standard InChI is InChI=1S/C30H41NO8/c1-5-19-16-29-10-7-12-31(29)13-8-20-14-22-23(38-18-37-22)15-21(20)25(29)26(19)39-27(33)30(35,17-24(32)36-4)11-6-9-28(2,3)34/h14-16,25-26,34-35H,5-13,17-18H2,1-4H3/t25-,26?,29+,30+/m0/s1. The van der Waals surface area contributed by atoms with Crippen molar-refractivity contribution in [3.63, 3.8) is 0 Å². The van der Waals surface area contributed by atoms with E-state index in [2.05, 4.69) is 24.0 Å². The maximum atomic E-state index is 13.8. The van der Waals surface area contributed by atoms with Crippen molar-refractivity contribution in [1.29, 1.82) is 0 Å². The van der Waals surface area contributed by atoms with Crippen LogP contribution in [-0.2, 0) is 25.5 Å². The molecule has 0 radical (unpaired) electrons. The lowest BCUT2D eigenvalue weighted by Crippen LogP contribution is -2.49. The second-order valence-corrected chi connectivity index (χ2v) is 12.1. The van der Waals surface area contributed by atoms with Crippen LogP contribution in [0.5, 0.6) is 11.5 Å². The van der Waals surface area contributed by atoms with Gasteiger partial charge in [0.05, 0.1) is 24.7 Å². The molecular weight excluding hydrogens is 502 g/mol. The number of carbonyl (C=O) groups is 2. The van der Waals surface area contributed by atoms with Crippen molar-refractivity contribution in [2.75, 3.05) is 27.0 Å². The van der Waals surface area contributed by atoms with Crippen LogP contribution in [0, 0.1) is 0 Å². The van der Waals surface area contributed by atoms with E-state index < -0.39 is 35.7 Å². The van der Waals surface area contributed by atoms with Crippen LogP contribution in [0.15, 0.2) is 23.8 Å². The van der Waals surface area contributed by atoms with E-state index in [4.69, 9.17) is 18.9 Å². The highest BCUT2D eigenvalue weighted by molar-refractivity contribution is 5.86. The molecule has 1 aromatic rings. The number of aliphatic hydroxyl groups is 2. The number of rotatable bonds is 9. The van der Waals surface area contributed by atoms with E-state index in [1.165, 1.54) is 7.11 Å². The molecule has 1 aromatic carbocycles. The molecule has 4 aliphatic rings. The highest BCUT2D eigenvalue weighted by Gasteiger charge is 2.57. The topological polar surface area (TPSA) is 115 Å². The van der Waals surface area contributed by atoms with Crippen LogP contribution in [0.2, 0.25) is 0 Å². The molecule has 2 N–H and O–H groups in total. The Bertz CT molecular complexity index is 1160. The second-order valence-electron chi connectivity index (χ2n) is 12.1. The fourth-order valence-electron chi connectivity index (χ4n) is 6.98. The Balaban J connectivity index is 1.50. The van der Waals surface area contributed by atoms with Crippen molar-refractivity contribution < 1.29 is 38.7 Å². The van der Waals surface area contributed by atoms with Crippen molar-refractivity contribution >= 4 is 11.9 Å². The van der Waals surface area contributed by atoms with Crippen LogP contribution in [-0.4, -0.2) is 76.9 Å². The summed E-state index contributed by atoms with van der Waals surface area (Å²) >= 11 is 0. The molecule has 4 atom stereocenters. The fourth-order valence-corrected chi connectivity index (χ4v) is 6.98. The van der Waals surface area contributed by atoms with Crippen molar-refractivity contribution in [2.45, 2.75) is 101 Å². The highest BCUT2D eigenvalue weighted by Crippen LogP contribution is 2.56. The molecule has 1 aliphatic carbocycles. The first-order valence-corrected chi connectivity index (χ1v) is 14.1. The zero-order valence-electron chi connectivity index (χ0n) is 23.5. The predicted octanol–water partition coefficient (Wildman–Crippen LogP) is 3.39. The summed E-state index contributed by atoms with van der Waals surface area (Å²) < 4.78 is 22.5. The molecule has 1 saturated heterocycles. The minimum Gasteiger partial charge on any atom is -0.469 e. The molecule has 0 aromatic heterocycles. The highest BCUT2D eigenvalue weighted by atomic mass is 16.7. The molecule has 1 unspecified atom stereocenters. The largest absolute Gasteiger partial charge is 0.469 e. The monoisotopic (exact) mass is 543 g/mol. The Morgan fingerprint density at radius 2 is 1.90 bits per heavy atom. The lowest BCUT2D eigenvalue weighted by molar-refractivity contribution is -0.177. The summed E-state index contributed by atoms with van der Waals surface area (Å²) in [5.41, 5.74) is -0.0719. The SMILES string of the molecule is CCC1=C[C@@]23CCCN2CCc2cc4c(cc2[C@H]3C1OC(=O)[C@@](O)(CCCC(C)(C)O)CC(=O)OC)OCO4. The quantitative estimate of drug-likeness (QED) is 0.357. The molecule has 0 saturated carbocycles. The van der Waals surface area contributed by atoms with E-state index in [1.54, 1.807) is 13.8 Å². The number of ether oxygens (including phenoxy) is 4. The second kappa shape index (κ2) is 10.4. The third-order valence-corrected chi connectivity index (χ3v) is 8.92. The Hall–Kier alpha value is -2.62. The fraction of sp³-hybridized carbons (Fsp3) is 0.667. The summed E-state index contributed by atoms with van der Waals surface area (Å²) in [5, 5.41) is 21.7. The van der Waals surface area contributed by atoms with Crippen molar-refractivity contribution in [3.05, 3.63) is 34.9 Å². The third kappa shape index (κ3) is 5.16. The molecule has 1 fully saturated rings. The van der Waals surface area contributed by atoms with Crippen LogP contribution < -0.4 is 9.47 Å². The van der Waals surface area contributed by atoms with Crippen LogP contribution in [0.3, 0.4) is 0 Å². The van der Waals surface area contributed by atoms with Crippen LogP contribution in [0.25, 0.3) is 0 Å². The molecule has 3 aliphatic heterocycles. The van der Waals surface area contributed by atoms with Gasteiger partial charge in [0.1, 0.15) is 6.10 Å². The van der Waals surface area contributed by atoms with E-state index >= 15 is 0 Å². The summed E-state index contributed by atoms with van der Waals surface area (Å²) in [7, 11) is 1.23. The lowest BCUT2D eigenvalue weighted by atomic mass is 9.77. The van der Waals surface area contributed by atoms with Crippen molar-refractivity contribution in [3.8, 4) is 11.5 Å². The van der Waals surface area contributed by atoms with Crippen LogP contribution in [0.4, 0.5) is 0 Å². The molecule has 5 rings (SSSR count). The van der Waals surface area contributed by atoms with Gasteiger partial charge in [-0.15, -0.1) is 0 Å². The third-order valence-electron chi connectivity index (χ3n) is 8.92. The summed E-state index contributed by atoms with van der Waals surface area (Å²) in [5.74, 6) is -0.273. The van der Waals surface area contributed by atoms with E-state index in [1.807, 2.05) is 6.07 Å². The maximum absolute atomic E-state index is 13.8. The van der Waals surface area contributed by atoms with Gasteiger partial charge >= 0.3 is 11.9 Å². The number of methoxy groups -OCH3 is 1. The van der Waals surface area contributed by atoms with Gasteiger partial charge in [-0.1, -0.05) is 13.0 Å². The van der Waals surface area contributed by atoms with E-state index in [9.17, 15) is 19.8 Å². The smallest absolute Gasteiger partial charge is 0.339 e. The van der Waals surface area contributed by atoms with Gasteiger partial charge < -0.3 is 29.2 Å². The Labute approximate surface area is 230 Å². The number of nitrogens with zero attached hydrogens (tertiary/aromatic N) is 1. The lowest BCUT2D eigenvalue weighted by Gasteiger charge is -2.40. The van der Waals surface area contributed by atoms with Crippen LogP contribution in [0.1, 0.15) is 82.8 Å². The molecular formula is C30H41NO8. The van der Waals surface area contributed by atoms with E-state index in [0.29, 0.717) is 25.0 Å². The predicted molar refractivity (Wildman–Crippen MR) is 143 cm³/mol. The Morgan fingerprint density at radius 1 is 1.15 bits per heavy atom. The Kier molecular flexibility index (Phi) is 7.45. The van der Waals surface area contributed by atoms with Gasteiger partial charge in [-0.25, -0.2) is 4.79 Å². The first-order chi connectivity index (χ1) is 18.5. The average Bonchev–Trinajstić information content (AvgIpc) is 3.56. The zero-order chi connectivity index (χ0) is 28.0. The number of hydrogen-bond donors (Lipinski definition) is 2. The summed E-state index contributed by atoms with van der Waals surface area (Å²) in [6.07, 6.45) is 5.39. The molecule has 1 spiro atoms. The van der Waals surface area contributed by atoms with Gasteiger partial charge in [0.25, 0.3) is 0 Å². The summed E-state index contributed by atoms with van der Waals surface area (Å²) in [6.45, 7) is 7.43. The molecule has 3 heterocycles. The molecule has 9 nitrogen and oxygen atoms in total. The average molecular weight is 544 g/mol. The number of carbonyl (C=O) groups excluding carboxylic acids is 2. The van der Waals surface area contributed by atoms with Gasteiger partial charge in [-0.2, -0.15) is 0 Å². The maximum Gasteiger partial charge on any atom is 0.339 e. The number of hydrogen-bond acceptors (Lipinski definition) is 9. The molecule has 39 heavy (non-hydrogen) atoms. The van der Waals surface area contributed by atoms with Gasteiger partial charge in [0, 0.05) is 12.5 Å². The van der Waals surface area contributed by atoms with Crippen molar-refractivity contribution in [1.82, 2.24) is 4.90 Å².